The van der Waals surface area contributed by atoms with Gasteiger partial charge in [-0.15, -0.1) is 0 Å². The van der Waals surface area contributed by atoms with Crippen molar-refractivity contribution in [3.63, 3.8) is 0 Å². The average molecular weight is 1200 g/mol. The van der Waals surface area contributed by atoms with Gasteiger partial charge >= 0.3 is 0 Å². The fraction of sp³-hybridized carbons (Fsp3) is 0.106. The van der Waals surface area contributed by atoms with Crippen molar-refractivity contribution < 1.29 is 35.7 Å². The molecule has 0 aliphatic rings. The summed E-state index contributed by atoms with van der Waals surface area (Å²) >= 11 is 0. The summed E-state index contributed by atoms with van der Waals surface area (Å²) in [7, 11) is 0. The largest absolute Gasteiger partial charge is 0.507 e. The standard InChI is InChI=1S/C17H12.3C16H10O.2C10H14O2/c1-11-5-6-14-8-7-12-3-2-4-13-9-10-15(11)17(14)16(12)13;3*17-14-9-7-12-5-4-10-2-1-3-11-6-8-13(14)16(12)15(10)11;1-7(11)9-3-5-10(6-4-9)8(2)12;1-7(11)9-4-3-5-10(6-9)8(2)12/h2-10H,1H3;3*1-9,17H;2*3-8,11-12H,1-2H3. The topological polar surface area (TPSA) is 142 Å². The number of rotatable bonds is 4. The summed E-state index contributed by atoms with van der Waals surface area (Å²) in [5, 5.41) is 95.9. The molecule has 0 spiro atoms. The molecule has 0 bridgehead atoms. The molecule has 0 aromatic heterocycles. The predicted molar refractivity (Wildman–Crippen MR) is 386 cm³/mol. The molecular weight excluding hydrogens is 1130 g/mol. The number of benzene rings is 18. The zero-order chi connectivity index (χ0) is 63.9. The van der Waals surface area contributed by atoms with Crippen LogP contribution in [0.4, 0.5) is 0 Å². The van der Waals surface area contributed by atoms with Crippen LogP contribution in [0.1, 0.15) is 79.9 Å². The molecule has 0 aliphatic heterocycles. The van der Waals surface area contributed by atoms with Crippen molar-refractivity contribution >= 4 is 129 Å². The van der Waals surface area contributed by atoms with Crippen LogP contribution in [0.15, 0.2) is 267 Å². The number of phenolic OH excluding ortho intramolecular Hbond substituents is 3. The van der Waals surface area contributed by atoms with Crippen LogP contribution < -0.4 is 0 Å². The highest BCUT2D eigenvalue weighted by atomic mass is 16.3. The average Bonchev–Trinajstić information content (AvgIpc) is 0.788. The van der Waals surface area contributed by atoms with Gasteiger partial charge in [-0.2, -0.15) is 0 Å². The highest BCUT2D eigenvalue weighted by Crippen LogP contribution is 2.42. The van der Waals surface area contributed by atoms with E-state index in [0.29, 0.717) is 17.2 Å². The molecule has 4 unspecified atom stereocenters. The fourth-order valence-corrected chi connectivity index (χ4v) is 13.2. The molecule has 18 aromatic carbocycles. The van der Waals surface area contributed by atoms with Crippen LogP contribution in [0.25, 0.3) is 129 Å². The lowest BCUT2D eigenvalue weighted by molar-refractivity contribution is 0.192. The number of aliphatic hydroxyl groups is 4. The van der Waals surface area contributed by atoms with Crippen LogP contribution in [0.3, 0.4) is 0 Å². The van der Waals surface area contributed by atoms with Gasteiger partial charge in [-0.05, 0) is 178 Å². The Balaban J connectivity index is 0.000000102. The second-order valence-electron chi connectivity index (χ2n) is 24.1. The van der Waals surface area contributed by atoms with E-state index >= 15 is 0 Å². The maximum Gasteiger partial charge on any atom is 0.123 e. The molecular formula is C85H70O7. The van der Waals surface area contributed by atoms with Gasteiger partial charge in [-0.3, -0.25) is 0 Å². The number of aryl methyl sites for hydroxylation is 1. The Morgan fingerprint density at radius 1 is 0.207 bits per heavy atom. The van der Waals surface area contributed by atoms with Crippen LogP contribution >= 0.6 is 0 Å². The molecule has 4 atom stereocenters. The molecule has 7 heteroatoms. The van der Waals surface area contributed by atoms with Gasteiger partial charge in [0.05, 0.1) is 24.4 Å². The van der Waals surface area contributed by atoms with Crippen LogP contribution in [0.5, 0.6) is 17.2 Å². The Morgan fingerprint density at radius 3 is 0.685 bits per heavy atom. The first-order valence-electron chi connectivity index (χ1n) is 31.2. The van der Waals surface area contributed by atoms with E-state index in [2.05, 4.69) is 171 Å². The smallest absolute Gasteiger partial charge is 0.123 e. The number of aliphatic hydroxyl groups excluding tert-OH is 4. The van der Waals surface area contributed by atoms with E-state index in [1.54, 1.807) is 45.9 Å². The molecule has 0 saturated carbocycles. The number of hydrogen-bond donors (Lipinski definition) is 7. The lowest BCUT2D eigenvalue weighted by Gasteiger charge is -2.11. The van der Waals surface area contributed by atoms with Gasteiger partial charge in [-0.1, -0.05) is 249 Å². The van der Waals surface area contributed by atoms with Gasteiger partial charge in [-0.25, -0.2) is 0 Å². The Hall–Kier alpha value is -10.6. The molecule has 0 saturated heterocycles. The van der Waals surface area contributed by atoms with E-state index in [0.717, 1.165) is 38.4 Å². The second-order valence-corrected chi connectivity index (χ2v) is 24.1. The van der Waals surface area contributed by atoms with Crippen molar-refractivity contribution in [3.8, 4) is 17.2 Å². The van der Waals surface area contributed by atoms with Gasteiger partial charge in [0.1, 0.15) is 17.2 Å². The summed E-state index contributed by atoms with van der Waals surface area (Å²) in [6.07, 6.45) is -1.81. The Bertz CT molecular complexity index is 4890. The third kappa shape index (κ3) is 11.6. The molecule has 18 aromatic rings. The Morgan fingerprint density at radius 2 is 0.413 bits per heavy atom. The summed E-state index contributed by atoms with van der Waals surface area (Å²) in [4.78, 5) is 0. The molecule has 7 N–H and O–H groups in total. The molecule has 0 amide bonds. The van der Waals surface area contributed by atoms with E-state index in [1.807, 2.05) is 84.9 Å². The summed E-state index contributed by atoms with van der Waals surface area (Å²) < 4.78 is 0. The van der Waals surface area contributed by atoms with Crippen LogP contribution in [-0.4, -0.2) is 35.7 Å². The minimum atomic E-state index is -0.469. The maximum atomic E-state index is 9.95. The van der Waals surface area contributed by atoms with Crippen LogP contribution in [0.2, 0.25) is 0 Å². The summed E-state index contributed by atoms with van der Waals surface area (Å²) in [6, 6.07) is 89.7. The highest BCUT2D eigenvalue weighted by molar-refractivity contribution is 6.27. The summed E-state index contributed by atoms with van der Waals surface area (Å²) in [6.45, 7) is 9.04. The summed E-state index contributed by atoms with van der Waals surface area (Å²) in [5.74, 6) is 1.07. The quantitative estimate of drug-likeness (QED) is 0.0870. The van der Waals surface area contributed by atoms with Crippen molar-refractivity contribution in [2.45, 2.75) is 59.0 Å². The molecule has 0 fully saturated rings. The second kappa shape index (κ2) is 25.3. The predicted octanol–water partition coefficient (Wildman–Crippen LogP) is 21.3. The van der Waals surface area contributed by atoms with Gasteiger partial charge < -0.3 is 35.7 Å². The normalized spacial score (nSPS) is 12.8. The van der Waals surface area contributed by atoms with Crippen molar-refractivity contribution in [2.75, 3.05) is 0 Å². The first-order chi connectivity index (χ1) is 44.6. The number of phenols is 3. The molecule has 92 heavy (non-hydrogen) atoms. The van der Waals surface area contributed by atoms with E-state index in [1.165, 1.54) is 119 Å². The number of aromatic hydroxyl groups is 3. The third-order valence-corrected chi connectivity index (χ3v) is 18.0. The lowest BCUT2D eigenvalue weighted by atomic mass is 9.92. The zero-order valence-corrected chi connectivity index (χ0v) is 51.8. The van der Waals surface area contributed by atoms with Crippen LogP contribution in [0, 0.1) is 6.92 Å². The molecule has 452 valence electrons. The van der Waals surface area contributed by atoms with Gasteiger partial charge in [0.2, 0.25) is 0 Å². The van der Waals surface area contributed by atoms with Crippen molar-refractivity contribution in [1.29, 1.82) is 0 Å². The summed E-state index contributed by atoms with van der Waals surface area (Å²) in [5.41, 5.74) is 4.79. The van der Waals surface area contributed by atoms with Crippen molar-refractivity contribution in [2.24, 2.45) is 0 Å². The first-order valence-corrected chi connectivity index (χ1v) is 31.2. The minimum Gasteiger partial charge on any atom is -0.507 e. The molecule has 0 heterocycles. The monoisotopic (exact) mass is 1200 g/mol. The number of hydrogen-bond acceptors (Lipinski definition) is 7. The molecule has 18 rings (SSSR count). The van der Waals surface area contributed by atoms with E-state index in [-0.39, 0.29) is 0 Å². The first kappa shape index (κ1) is 60.3. The minimum absolute atomic E-state index is 0.357. The van der Waals surface area contributed by atoms with Crippen LogP contribution in [-0.2, 0) is 0 Å². The maximum absolute atomic E-state index is 9.95. The van der Waals surface area contributed by atoms with E-state index in [9.17, 15) is 35.7 Å². The lowest BCUT2D eigenvalue weighted by Crippen LogP contribution is -1.95. The Labute approximate surface area is 533 Å². The SMILES string of the molecule is CC(O)c1ccc(C(C)O)cc1.CC(O)c1cccc(C(C)O)c1.Cc1ccc2ccc3cccc4ccc1c2c34.Oc1ccc2ccc3cccc4ccc1c2c34.Oc1ccc2ccc3cccc4ccc1c2c34.Oc1ccc2ccc3cccc4ccc1c2c34. The third-order valence-electron chi connectivity index (χ3n) is 18.0. The van der Waals surface area contributed by atoms with Gasteiger partial charge in [0.25, 0.3) is 0 Å². The fourth-order valence-electron chi connectivity index (χ4n) is 13.2. The van der Waals surface area contributed by atoms with Crippen molar-refractivity contribution in [1.82, 2.24) is 0 Å². The zero-order valence-electron chi connectivity index (χ0n) is 51.8. The Kier molecular flexibility index (Phi) is 16.6. The molecule has 0 aliphatic carbocycles. The van der Waals surface area contributed by atoms with E-state index in [4.69, 9.17) is 0 Å². The van der Waals surface area contributed by atoms with Gasteiger partial charge in [0.15, 0.2) is 0 Å². The van der Waals surface area contributed by atoms with Gasteiger partial charge in [0, 0.05) is 32.3 Å². The highest BCUT2D eigenvalue weighted by Gasteiger charge is 2.14. The van der Waals surface area contributed by atoms with E-state index < -0.39 is 24.4 Å². The molecule has 7 nitrogen and oxygen atoms in total. The molecule has 0 radical (unpaired) electrons. The van der Waals surface area contributed by atoms with Crippen molar-refractivity contribution in [3.05, 3.63) is 295 Å².